The molecule has 0 heterocycles. The molecule has 0 bridgehead atoms. The van der Waals surface area contributed by atoms with Crippen LogP contribution in [0.15, 0.2) is 0 Å². The third-order valence-electron chi connectivity index (χ3n) is 1.45. The van der Waals surface area contributed by atoms with Gasteiger partial charge in [-0.25, -0.2) is 0 Å². The van der Waals surface area contributed by atoms with Crippen LogP contribution in [0, 0.1) is 0 Å². The number of halogens is 6. The zero-order chi connectivity index (χ0) is 11.6. The number of hydrogen-bond donors (Lipinski definition) is 1. The third-order valence-corrected chi connectivity index (χ3v) is 1.45. The van der Waals surface area contributed by atoms with Crippen molar-refractivity contribution in [3.05, 3.63) is 0 Å². The van der Waals surface area contributed by atoms with Gasteiger partial charge in [0.2, 0.25) is 0 Å². The van der Waals surface area contributed by atoms with Crippen LogP contribution in [0.4, 0.5) is 26.3 Å². The normalized spacial score (nSPS) is 13.6. The first-order chi connectivity index (χ1) is 6.06. The molecule has 0 aromatic heterocycles. The van der Waals surface area contributed by atoms with Crippen molar-refractivity contribution < 1.29 is 36.2 Å². The van der Waals surface area contributed by atoms with Gasteiger partial charge in [0.15, 0.2) is 0 Å². The van der Waals surface area contributed by atoms with E-state index in [0.29, 0.717) is 0 Å². The summed E-state index contributed by atoms with van der Waals surface area (Å²) >= 11 is 0. The van der Waals surface area contributed by atoms with Gasteiger partial charge in [0.1, 0.15) is 0 Å². The van der Waals surface area contributed by atoms with E-state index in [0.717, 1.165) is 0 Å². The van der Waals surface area contributed by atoms with Crippen molar-refractivity contribution in [1.82, 2.24) is 0 Å². The first-order valence-corrected chi connectivity index (χ1v) is 3.50. The molecule has 0 atom stereocenters. The molecule has 0 aromatic rings. The fraction of sp³-hybridized carbons (Fsp3) is 1.00. The Kier molecular flexibility index (Phi) is 6.66. The molecule has 0 fully saturated rings. The minimum absolute atomic E-state index is 0. The number of hydrogen-bond acceptors (Lipinski definition) is 2. The molecule has 3 radical (unpaired) electrons. The molecule has 0 spiro atoms. The van der Waals surface area contributed by atoms with Crippen LogP contribution in [0.5, 0.6) is 0 Å². The van der Waals surface area contributed by atoms with Crippen LogP contribution in [0.2, 0.25) is 0 Å². The second-order valence-electron chi connectivity index (χ2n) is 2.49. The average molecular weight is 341 g/mol. The zero-order valence-corrected chi connectivity index (χ0v) is 10.9. The average Bonchev–Trinajstić information content (AvgIpc) is 1.95. The number of rotatable bonds is 3. The minimum atomic E-state index is -5.81. The Labute approximate surface area is 100 Å². The van der Waals surface area contributed by atoms with Gasteiger partial charge in [-0.05, 0) is 6.92 Å². The van der Waals surface area contributed by atoms with Crippen LogP contribution in [0.3, 0.4) is 0 Å². The van der Waals surface area contributed by atoms with E-state index >= 15 is 0 Å². The van der Waals surface area contributed by atoms with E-state index in [1.54, 1.807) is 0 Å². The molecule has 9 heteroatoms. The van der Waals surface area contributed by atoms with Gasteiger partial charge in [0.25, 0.3) is 5.60 Å². The standard InChI is InChI=1S/C6H8F6O2.In/c1-2-14-3-4(13,5(7,8)9)6(10,11)12;/h13H,2-3H2,1H3;. The summed E-state index contributed by atoms with van der Waals surface area (Å²) in [6, 6.07) is 0. The van der Waals surface area contributed by atoms with Crippen LogP contribution in [0.25, 0.3) is 0 Å². The Balaban J connectivity index is 0. The van der Waals surface area contributed by atoms with Gasteiger partial charge in [-0.3, -0.25) is 0 Å². The molecule has 89 valence electrons. The van der Waals surface area contributed by atoms with E-state index in [4.69, 9.17) is 5.11 Å². The summed E-state index contributed by atoms with van der Waals surface area (Å²) in [4.78, 5) is 0. The van der Waals surface area contributed by atoms with Gasteiger partial charge in [0.05, 0.1) is 6.61 Å². The van der Waals surface area contributed by atoms with Crippen LogP contribution >= 0.6 is 0 Å². The summed E-state index contributed by atoms with van der Waals surface area (Å²) in [6.45, 7) is -0.988. The third kappa shape index (κ3) is 4.03. The molecule has 1 N–H and O–H groups in total. The molecule has 0 saturated heterocycles. The molecule has 0 aliphatic rings. The molecule has 0 rings (SSSR count). The quantitative estimate of drug-likeness (QED) is 0.789. The smallest absolute Gasteiger partial charge is 0.378 e. The Bertz CT molecular complexity index is 175. The predicted octanol–water partition coefficient (Wildman–Crippen LogP) is 1.50. The van der Waals surface area contributed by atoms with Crippen LogP contribution in [0.1, 0.15) is 6.92 Å². The summed E-state index contributed by atoms with van der Waals surface area (Å²) in [5.74, 6) is 0. The first kappa shape index (κ1) is 17.8. The van der Waals surface area contributed by atoms with Crippen molar-refractivity contribution in [3.63, 3.8) is 0 Å². The molecule has 0 aliphatic heterocycles. The van der Waals surface area contributed by atoms with E-state index < -0.39 is 24.6 Å². The molecular weight excluding hydrogens is 333 g/mol. The van der Waals surface area contributed by atoms with Crippen LogP contribution in [-0.4, -0.2) is 62.1 Å². The summed E-state index contributed by atoms with van der Waals surface area (Å²) < 4.78 is 75.2. The maximum absolute atomic E-state index is 11.9. The fourth-order valence-electron chi connectivity index (χ4n) is 0.574. The second kappa shape index (κ2) is 5.62. The van der Waals surface area contributed by atoms with Crippen LogP contribution < -0.4 is 0 Å². The van der Waals surface area contributed by atoms with Crippen molar-refractivity contribution in [2.24, 2.45) is 0 Å². The van der Waals surface area contributed by atoms with E-state index in [9.17, 15) is 26.3 Å². The summed E-state index contributed by atoms with van der Waals surface area (Å²) in [5.41, 5.74) is -4.80. The van der Waals surface area contributed by atoms with E-state index in [1.165, 1.54) is 6.92 Å². The largest absolute Gasteiger partial charge is 0.428 e. The molecule has 0 amide bonds. The van der Waals surface area contributed by atoms with Gasteiger partial charge >= 0.3 is 12.4 Å². The van der Waals surface area contributed by atoms with Gasteiger partial charge in [0, 0.05) is 32.5 Å². The molecular formula is C6H8F6InO2. The Morgan fingerprint density at radius 1 is 1.00 bits per heavy atom. The Hall–Kier alpha value is 0.370. The topological polar surface area (TPSA) is 29.5 Å². The molecule has 15 heavy (non-hydrogen) atoms. The molecule has 2 nitrogen and oxygen atoms in total. The van der Waals surface area contributed by atoms with Gasteiger partial charge < -0.3 is 9.84 Å². The molecule has 0 unspecified atom stereocenters. The number of aliphatic hydroxyl groups is 1. The second-order valence-corrected chi connectivity index (χ2v) is 2.49. The SMILES string of the molecule is CCOCC(O)(C(F)(F)F)C(F)(F)F.[In]. The van der Waals surface area contributed by atoms with E-state index in [-0.39, 0.29) is 32.5 Å². The predicted molar refractivity (Wildman–Crippen MR) is 39.3 cm³/mol. The number of alkyl halides is 6. The van der Waals surface area contributed by atoms with E-state index in [1.807, 2.05) is 0 Å². The van der Waals surface area contributed by atoms with Crippen LogP contribution in [-0.2, 0) is 4.74 Å². The fourth-order valence-corrected chi connectivity index (χ4v) is 0.574. The summed E-state index contributed by atoms with van der Waals surface area (Å²) in [7, 11) is 0. The Morgan fingerprint density at radius 3 is 1.53 bits per heavy atom. The van der Waals surface area contributed by atoms with Gasteiger partial charge in [-0.15, -0.1) is 0 Å². The minimum Gasteiger partial charge on any atom is -0.378 e. The van der Waals surface area contributed by atoms with Crippen molar-refractivity contribution in [3.8, 4) is 0 Å². The monoisotopic (exact) mass is 341 g/mol. The van der Waals surface area contributed by atoms with Crippen molar-refractivity contribution >= 4 is 25.8 Å². The van der Waals surface area contributed by atoms with Crippen molar-refractivity contribution in [2.75, 3.05) is 13.2 Å². The zero-order valence-electron chi connectivity index (χ0n) is 7.61. The Morgan fingerprint density at radius 2 is 1.33 bits per heavy atom. The maximum Gasteiger partial charge on any atom is 0.428 e. The van der Waals surface area contributed by atoms with Gasteiger partial charge in [-0.1, -0.05) is 0 Å². The van der Waals surface area contributed by atoms with Gasteiger partial charge in [-0.2, -0.15) is 26.3 Å². The number of ether oxygens (including phenoxy) is 1. The molecule has 0 aliphatic carbocycles. The molecule has 0 saturated carbocycles. The summed E-state index contributed by atoms with van der Waals surface area (Å²) in [6.07, 6.45) is -11.6. The first-order valence-electron chi connectivity index (χ1n) is 3.50. The maximum atomic E-state index is 11.9. The van der Waals surface area contributed by atoms with Crippen molar-refractivity contribution in [1.29, 1.82) is 0 Å². The molecule has 0 aromatic carbocycles. The van der Waals surface area contributed by atoms with E-state index in [2.05, 4.69) is 4.74 Å². The summed E-state index contributed by atoms with van der Waals surface area (Å²) in [5, 5.41) is 8.44. The van der Waals surface area contributed by atoms with Crippen molar-refractivity contribution in [2.45, 2.75) is 24.9 Å².